The summed E-state index contributed by atoms with van der Waals surface area (Å²) in [5.74, 6) is -0.837. The van der Waals surface area contributed by atoms with E-state index in [1.54, 1.807) is 0 Å². The Morgan fingerprint density at radius 1 is 1.09 bits per heavy atom. The van der Waals surface area contributed by atoms with E-state index in [1.165, 1.54) is 31.4 Å². The summed E-state index contributed by atoms with van der Waals surface area (Å²) in [4.78, 5) is 24.7. The van der Waals surface area contributed by atoms with Gasteiger partial charge < -0.3 is 10.1 Å². The van der Waals surface area contributed by atoms with Gasteiger partial charge in [-0.1, -0.05) is 19.3 Å². The highest BCUT2D eigenvalue weighted by Crippen LogP contribution is 2.29. The predicted octanol–water partition coefficient (Wildman–Crippen LogP) is 1.70. The minimum Gasteiger partial charge on any atom is -0.467 e. The van der Waals surface area contributed by atoms with E-state index in [9.17, 15) is 18.0 Å². The van der Waals surface area contributed by atoms with Crippen LogP contribution in [0.3, 0.4) is 0 Å². The highest BCUT2D eigenvalue weighted by Gasteiger charge is 2.42. The summed E-state index contributed by atoms with van der Waals surface area (Å²) in [7, 11) is -2.00. The maximum absolute atomic E-state index is 12.4. The van der Waals surface area contributed by atoms with Crippen molar-refractivity contribution in [2.24, 2.45) is 0 Å². The molecule has 1 aromatic rings. The van der Waals surface area contributed by atoms with Crippen LogP contribution < -0.4 is 5.32 Å². The summed E-state index contributed by atoms with van der Waals surface area (Å²) in [6.45, 7) is 0. The van der Waals surface area contributed by atoms with Crippen LogP contribution in [-0.2, 0) is 19.4 Å². The molecule has 1 amide bonds. The molecular formula is C16H21NO5S. The smallest absolute Gasteiger partial charge is 0.331 e. The molecule has 1 fully saturated rings. The molecule has 23 heavy (non-hydrogen) atoms. The third-order valence-electron chi connectivity index (χ3n) is 4.18. The summed E-state index contributed by atoms with van der Waals surface area (Å²) >= 11 is 0. The van der Waals surface area contributed by atoms with Crippen molar-refractivity contribution in [3.8, 4) is 0 Å². The van der Waals surface area contributed by atoms with Crippen molar-refractivity contribution in [3.63, 3.8) is 0 Å². The molecule has 0 spiro atoms. The number of rotatable bonds is 4. The van der Waals surface area contributed by atoms with Crippen LogP contribution >= 0.6 is 0 Å². The number of esters is 1. The topological polar surface area (TPSA) is 89.5 Å². The van der Waals surface area contributed by atoms with Crippen LogP contribution in [0.5, 0.6) is 0 Å². The van der Waals surface area contributed by atoms with Crippen LogP contribution in [0.4, 0.5) is 0 Å². The van der Waals surface area contributed by atoms with E-state index in [2.05, 4.69) is 5.32 Å². The van der Waals surface area contributed by atoms with Crippen LogP contribution in [0.25, 0.3) is 0 Å². The fraction of sp³-hybridized carbons (Fsp3) is 0.500. The first-order chi connectivity index (χ1) is 10.8. The Morgan fingerprint density at radius 3 is 2.13 bits per heavy atom. The molecule has 0 aliphatic heterocycles. The van der Waals surface area contributed by atoms with E-state index >= 15 is 0 Å². The molecule has 1 aliphatic rings. The number of methoxy groups -OCH3 is 1. The zero-order valence-corrected chi connectivity index (χ0v) is 14.1. The average molecular weight is 339 g/mol. The van der Waals surface area contributed by atoms with E-state index in [4.69, 9.17) is 4.74 Å². The van der Waals surface area contributed by atoms with Crippen molar-refractivity contribution in [2.45, 2.75) is 42.5 Å². The number of hydrogen-bond donors (Lipinski definition) is 1. The van der Waals surface area contributed by atoms with Gasteiger partial charge in [-0.25, -0.2) is 13.2 Å². The monoisotopic (exact) mass is 339 g/mol. The van der Waals surface area contributed by atoms with Crippen molar-refractivity contribution in [3.05, 3.63) is 29.8 Å². The van der Waals surface area contributed by atoms with Crippen molar-refractivity contribution >= 4 is 21.7 Å². The molecule has 0 unspecified atom stereocenters. The van der Waals surface area contributed by atoms with Crippen molar-refractivity contribution in [2.75, 3.05) is 13.4 Å². The number of ether oxygens (including phenoxy) is 1. The van der Waals surface area contributed by atoms with Gasteiger partial charge in [0.15, 0.2) is 9.84 Å². The van der Waals surface area contributed by atoms with Crippen LogP contribution in [0.1, 0.15) is 42.5 Å². The first kappa shape index (κ1) is 17.5. The van der Waals surface area contributed by atoms with Gasteiger partial charge in [0.25, 0.3) is 5.91 Å². The normalized spacial score (nSPS) is 17.3. The number of benzene rings is 1. The molecule has 0 aromatic heterocycles. The zero-order chi connectivity index (χ0) is 17.1. The highest BCUT2D eigenvalue weighted by atomic mass is 32.2. The van der Waals surface area contributed by atoms with Crippen LogP contribution in [0.2, 0.25) is 0 Å². The van der Waals surface area contributed by atoms with E-state index in [0.717, 1.165) is 25.5 Å². The molecule has 0 saturated heterocycles. The Hall–Kier alpha value is -1.89. The molecule has 1 aliphatic carbocycles. The Balaban J connectivity index is 2.20. The molecule has 1 N–H and O–H groups in total. The number of sulfone groups is 1. The lowest BCUT2D eigenvalue weighted by molar-refractivity contribution is -0.149. The van der Waals surface area contributed by atoms with Crippen molar-refractivity contribution < 1.29 is 22.7 Å². The third kappa shape index (κ3) is 3.90. The molecule has 6 nitrogen and oxygen atoms in total. The van der Waals surface area contributed by atoms with Gasteiger partial charge in [-0.3, -0.25) is 4.79 Å². The SMILES string of the molecule is COC(=O)C1(NC(=O)c2ccc(S(C)(=O)=O)cc2)CCCCC1. The molecule has 0 bridgehead atoms. The van der Waals surface area contributed by atoms with E-state index in [-0.39, 0.29) is 4.90 Å². The molecular weight excluding hydrogens is 318 g/mol. The van der Waals surface area contributed by atoms with Gasteiger partial charge in [-0.15, -0.1) is 0 Å². The van der Waals surface area contributed by atoms with Gasteiger partial charge >= 0.3 is 5.97 Å². The number of nitrogens with one attached hydrogen (secondary N) is 1. The lowest BCUT2D eigenvalue weighted by Gasteiger charge is -2.35. The van der Waals surface area contributed by atoms with Gasteiger partial charge in [0.1, 0.15) is 5.54 Å². The fourth-order valence-corrected chi connectivity index (χ4v) is 3.50. The Bertz CT molecular complexity index is 688. The minimum absolute atomic E-state index is 0.148. The molecule has 1 saturated carbocycles. The fourth-order valence-electron chi connectivity index (χ4n) is 2.87. The first-order valence-electron chi connectivity index (χ1n) is 7.49. The maximum atomic E-state index is 12.4. The summed E-state index contributed by atoms with van der Waals surface area (Å²) in [6, 6.07) is 5.66. The van der Waals surface area contributed by atoms with Crippen LogP contribution in [0, 0.1) is 0 Å². The van der Waals surface area contributed by atoms with Crippen LogP contribution in [-0.4, -0.2) is 39.2 Å². The number of carbonyl (C=O) groups excluding carboxylic acids is 2. The quantitative estimate of drug-likeness (QED) is 0.843. The van der Waals surface area contributed by atoms with E-state index in [0.29, 0.717) is 18.4 Å². The van der Waals surface area contributed by atoms with Gasteiger partial charge in [-0.05, 0) is 37.1 Å². The molecule has 7 heteroatoms. The predicted molar refractivity (Wildman–Crippen MR) is 84.9 cm³/mol. The summed E-state index contributed by atoms with van der Waals surface area (Å²) < 4.78 is 27.8. The Kier molecular flexibility index (Phi) is 5.09. The van der Waals surface area contributed by atoms with Crippen molar-refractivity contribution in [1.82, 2.24) is 5.32 Å². The second kappa shape index (κ2) is 6.70. The Labute approximate surface area is 136 Å². The van der Waals surface area contributed by atoms with Crippen molar-refractivity contribution in [1.29, 1.82) is 0 Å². The van der Waals surface area contributed by atoms with E-state index in [1.807, 2.05) is 0 Å². The first-order valence-corrected chi connectivity index (χ1v) is 9.39. The molecule has 0 atom stereocenters. The third-order valence-corrected chi connectivity index (χ3v) is 5.31. The largest absolute Gasteiger partial charge is 0.467 e. The molecule has 2 rings (SSSR count). The van der Waals surface area contributed by atoms with Gasteiger partial charge in [0.05, 0.1) is 12.0 Å². The van der Waals surface area contributed by atoms with E-state index < -0.39 is 27.3 Å². The number of hydrogen-bond acceptors (Lipinski definition) is 5. The van der Waals surface area contributed by atoms with Gasteiger partial charge in [0, 0.05) is 11.8 Å². The van der Waals surface area contributed by atoms with Crippen LogP contribution in [0.15, 0.2) is 29.2 Å². The highest BCUT2D eigenvalue weighted by molar-refractivity contribution is 7.90. The Morgan fingerprint density at radius 2 is 1.65 bits per heavy atom. The summed E-state index contributed by atoms with van der Waals surface area (Å²) in [5, 5.41) is 2.79. The average Bonchev–Trinajstić information content (AvgIpc) is 2.54. The summed E-state index contributed by atoms with van der Waals surface area (Å²) in [5.41, 5.74) is -0.675. The zero-order valence-electron chi connectivity index (χ0n) is 13.3. The lowest BCUT2D eigenvalue weighted by atomic mass is 9.81. The second-order valence-electron chi connectivity index (χ2n) is 5.89. The lowest BCUT2D eigenvalue weighted by Crippen LogP contribution is -2.56. The minimum atomic E-state index is -3.31. The molecule has 1 aromatic carbocycles. The summed E-state index contributed by atoms with van der Waals surface area (Å²) in [6.07, 6.45) is 4.93. The molecule has 0 heterocycles. The number of carbonyl (C=O) groups is 2. The van der Waals surface area contributed by atoms with Gasteiger partial charge in [0.2, 0.25) is 0 Å². The van der Waals surface area contributed by atoms with Gasteiger partial charge in [-0.2, -0.15) is 0 Å². The standard InChI is InChI=1S/C16H21NO5S/c1-22-15(19)16(10-4-3-5-11-16)17-14(18)12-6-8-13(9-7-12)23(2,20)21/h6-9H,3-5,10-11H2,1-2H3,(H,17,18). The second-order valence-corrected chi connectivity index (χ2v) is 7.90. The maximum Gasteiger partial charge on any atom is 0.331 e. The molecule has 0 radical (unpaired) electrons. The number of amides is 1. The molecule has 126 valence electrons.